The summed E-state index contributed by atoms with van der Waals surface area (Å²) >= 11 is 0. The van der Waals surface area contributed by atoms with Crippen LogP contribution >= 0.6 is 0 Å². The van der Waals surface area contributed by atoms with Gasteiger partial charge in [0, 0.05) is 32.2 Å². The molecule has 1 saturated heterocycles. The van der Waals surface area contributed by atoms with Crippen LogP contribution in [0, 0.1) is 12.0 Å². The van der Waals surface area contributed by atoms with Gasteiger partial charge in [-0.3, -0.25) is 4.90 Å². The van der Waals surface area contributed by atoms with Crippen molar-refractivity contribution in [3.8, 4) is 12.0 Å². The van der Waals surface area contributed by atoms with Gasteiger partial charge in [0.1, 0.15) is 0 Å². The van der Waals surface area contributed by atoms with Gasteiger partial charge in [0.05, 0.1) is 6.54 Å². The third-order valence-corrected chi connectivity index (χ3v) is 2.80. The summed E-state index contributed by atoms with van der Waals surface area (Å²) in [4.78, 5) is 4.75. The normalized spacial score (nSPS) is 19.1. The van der Waals surface area contributed by atoms with Gasteiger partial charge >= 0.3 is 0 Å². The number of likely N-dealkylation sites (tertiary alicyclic amines) is 1. The Morgan fingerprint density at radius 3 is 2.50 bits per heavy atom. The van der Waals surface area contributed by atoms with Crippen molar-refractivity contribution in [2.75, 3.05) is 40.8 Å². The number of piperidine rings is 1. The largest absolute Gasteiger partial charge is 0.349 e. The Morgan fingerprint density at radius 2 is 2.00 bits per heavy atom. The Kier molecular flexibility index (Phi) is 4.78. The lowest BCUT2D eigenvalue weighted by atomic mass is 10.0. The Balaban J connectivity index is 2.22. The smallest absolute Gasteiger partial charge is 0.0620 e. The quantitative estimate of drug-likeness (QED) is 0.501. The molecule has 1 rings (SSSR count). The van der Waals surface area contributed by atoms with Crippen LogP contribution in [0.3, 0.4) is 0 Å². The molecule has 0 saturated carbocycles. The molecular formula is C11H21N3. The van der Waals surface area contributed by atoms with Crippen LogP contribution in [0.1, 0.15) is 12.8 Å². The van der Waals surface area contributed by atoms with E-state index >= 15 is 0 Å². The predicted octanol–water partition coefficient (Wildman–Crippen LogP) is 0.193. The Labute approximate surface area is 87.5 Å². The molecule has 0 aromatic rings. The maximum Gasteiger partial charge on any atom is 0.0620 e. The standard InChI is InChI=1S/C11H21N3/c1-12-7-4-8-14-9-5-11(6-10-14)13(2)3/h11-12H,5-6,8-10H2,1-3H3. The second-order valence-corrected chi connectivity index (χ2v) is 4.02. The fourth-order valence-electron chi connectivity index (χ4n) is 1.83. The lowest BCUT2D eigenvalue weighted by Gasteiger charge is -2.34. The molecule has 1 aliphatic rings. The van der Waals surface area contributed by atoms with Crippen molar-refractivity contribution < 1.29 is 0 Å². The second-order valence-electron chi connectivity index (χ2n) is 4.02. The summed E-state index contributed by atoms with van der Waals surface area (Å²) in [6.07, 6.45) is 2.54. The van der Waals surface area contributed by atoms with Crippen molar-refractivity contribution in [2.45, 2.75) is 18.9 Å². The molecule has 0 radical (unpaired) electrons. The zero-order valence-corrected chi connectivity index (χ0v) is 9.51. The van der Waals surface area contributed by atoms with Gasteiger partial charge in [-0.05, 0) is 26.9 Å². The summed E-state index contributed by atoms with van der Waals surface area (Å²) in [6, 6.07) is 3.64. The Morgan fingerprint density at radius 1 is 1.36 bits per heavy atom. The highest BCUT2D eigenvalue weighted by molar-refractivity contribution is 4.99. The van der Waals surface area contributed by atoms with Crippen molar-refractivity contribution >= 4 is 0 Å². The summed E-state index contributed by atoms with van der Waals surface area (Å²) in [5.74, 6) is 3.10. The van der Waals surface area contributed by atoms with Crippen molar-refractivity contribution in [1.29, 1.82) is 0 Å². The molecule has 0 aliphatic carbocycles. The summed E-state index contributed by atoms with van der Waals surface area (Å²) in [5, 5.41) is 2.84. The molecule has 0 spiro atoms. The first-order chi connectivity index (χ1) is 6.74. The van der Waals surface area contributed by atoms with E-state index in [0.29, 0.717) is 0 Å². The average Bonchev–Trinajstić information content (AvgIpc) is 2.19. The topological polar surface area (TPSA) is 18.5 Å². The number of nitrogens with zero attached hydrogens (tertiary/aromatic N) is 2. The SMILES string of the molecule is CNC#CCN1CCC(N(C)C)CC1. The van der Waals surface area contributed by atoms with Crippen LogP contribution < -0.4 is 5.32 Å². The second kappa shape index (κ2) is 5.90. The van der Waals surface area contributed by atoms with Gasteiger partial charge in [-0.2, -0.15) is 0 Å². The highest BCUT2D eigenvalue weighted by Crippen LogP contribution is 2.13. The zero-order chi connectivity index (χ0) is 10.4. The number of nitrogens with one attached hydrogen (secondary N) is 1. The molecule has 1 heterocycles. The molecule has 3 nitrogen and oxygen atoms in total. The molecule has 0 aromatic carbocycles. The van der Waals surface area contributed by atoms with E-state index in [4.69, 9.17) is 0 Å². The van der Waals surface area contributed by atoms with E-state index in [1.165, 1.54) is 25.9 Å². The first kappa shape index (κ1) is 11.4. The van der Waals surface area contributed by atoms with E-state index in [-0.39, 0.29) is 0 Å². The van der Waals surface area contributed by atoms with Crippen molar-refractivity contribution in [1.82, 2.24) is 15.1 Å². The fourth-order valence-corrected chi connectivity index (χ4v) is 1.83. The van der Waals surface area contributed by atoms with Crippen LogP contribution in [0.5, 0.6) is 0 Å². The van der Waals surface area contributed by atoms with E-state index in [1.807, 2.05) is 7.05 Å². The minimum absolute atomic E-state index is 0.767. The first-order valence-electron chi connectivity index (χ1n) is 5.27. The molecule has 0 atom stereocenters. The van der Waals surface area contributed by atoms with Gasteiger partial charge in [-0.25, -0.2) is 0 Å². The number of hydrogen-bond acceptors (Lipinski definition) is 3. The molecule has 0 amide bonds. The molecular weight excluding hydrogens is 174 g/mol. The number of rotatable bonds is 2. The third kappa shape index (κ3) is 3.57. The van der Waals surface area contributed by atoms with E-state index in [9.17, 15) is 0 Å². The fraction of sp³-hybridized carbons (Fsp3) is 0.818. The molecule has 0 aromatic heterocycles. The Bertz CT molecular complexity index is 206. The zero-order valence-electron chi connectivity index (χ0n) is 9.51. The third-order valence-electron chi connectivity index (χ3n) is 2.80. The molecule has 1 N–H and O–H groups in total. The van der Waals surface area contributed by atoms with Crippen LogP contribution in [-0.4, -0.2) is 56.6 Å². The van der Waals surface area contributed by atoms with Gasteiger partial charge in [-0.15, -0.1) is 0 Å². The highest BCUT2D eigenvalue weighted by Gasteiger charge is 2.19. The minimum Gasteiger partial charge on any atom is -0.349 e. The molecule has 0 unspecified atom stereocenters. The monoisotopic (exact) mass is 195 g/mol. The highest BCUT2D eigenvalue weighted by atomic mass is 15.2. The molecule has 3 heteroatoms. The van der Waals surface area contributed by atoms with Crippen molar-refractivity contribution in [3.63, 3.8) is 0 Å². The lowest BCUT2D eigenvalue weighted by Crippen LogP contribution is -2.42. The maximum atomic E-state index is 3.10. The van der Waals surface area contributed by atoms with Crippen LogP contribution in [-0.2, 0) is 0 Å². The van der Waals surface area contributed by atoms with Crippen molar-refractivity contribution in [2.24, 2.45) is 0 Å². The average molecular weight is 195 g/mol. The van der Waals surface area contributed by atoms with E-state index in [2.05, 4.69) is 41.2 Å². The van der Waals surface area contributed by atoms with E-state index in [0.717, 1.165) is 12.6 Å². The van der Waals surface area contributed by atoms with Crippen LogP contribution in [0.15, 0.2) is 0 Å². The summed E-state index contributed by atoms with van der Waals surface area (Å²) in [7, 11) is 6.19. The first-order valence-corrected chi connectivity index (χ1v) is 5.27. The molecule has 1 aliphatic heterocycles. The van der Waals surface area contributed by atoms with E-state index < -0.39 is 0 Å². The Hall–Kier alpha value is -0.720. The number of hydrogen-bond donors (Lipinski definition) is 1. The summed E-state index contributed by atoms with van der Waals surface area (Å²) in [5.41, 5.74) is 0. The van der Waals surface area contributed by atoms with Gasteiger partial charge in [-0.1, -0.05) is 5.92 Å². The van der Waals surface area contributed by atoms with Gasteiger partial charge in [0.25, 0.3) is 0 Å². The molecule has 14 heavy (non-hydrogen) atoms. The van der Waals surface area contributed by atoms with Crippen LogP contribution in [0.4, 0.5) is 0 Å². The van der Waals surface area contributed by atoms with Crippen LogP contribution in [0.25, 0.3) is 0 Å². The van der Waals surface area contributed by atoms with Gasteiger partial charge < -0.3 is 10.2 Å². The molecule has 1 fully saturated rings. The lowest BCUT2D eigenvalue weighted by molar-refractivity contribution is 0.156. The summed E-state index contributed by atoms with van der Waals surface area (Å²) in [6.45, 7) is 3.27. The van der Waals surface area contributed by atoms with Crippen LogP contribution in [0.2, 0.25) is 0 Å². The minimum atomic E-state index is 0.767. The molecule has 80 valence electrons. The van der Waals surface area contributed by atoms with Crippen molar-refractivity contribution in [3.05, 3.63) is 0 Å². The van der Waals surface area contributed by atoms with Gasteiger partial charge in [0.15, 0.2) is 0 Å². The predicted molar refractivity (Wildman–Crippen MR) is 60.0 cm³/mol. The molecule has 0 bridgehead atoms. The summed E-state index contributed by atoms with van der Waals surface area (Å²) < 4.78 is 0. The van der Waals surface area contributed by atoms with Gasteiger partial charge in [0.2, 0.25) is 0 Å². The van der Waals surface area contributed by atoms with E-state index in [1.54, 1.807) is 0 Å². The maximum absolute atomic E-state index is 3.10.